The molecule has 2 N–H and O–H groups in total. The normalized spacial score (nSPS) is 10.5. The zero-order chi connectivity index (χ0) is 18.9. The second kappa shape index (κ2) is 9.05. The van der Waals surface area contributed by atoms with Crippen LogP contribution in [-0.4, -0.2) is 11.8 Å². The molecule has 0 aliphatic carbocycles. The molecule has 0 unspecified atom stereocenters. The van der Waals surface area contributed by atoms with Crippen LogP contribution < -0.4 is 15.6 Å². The number of hydrogen-bond donors (Lipinski definition) is 2. The zero-order valence-electron chi connectivity index (χ0n) is 14.4. The first kappa shape index (κ1) is 18.0. The lowest BCUT2D eigenvalue weighted by Gasteiger charge is -2.08. The van der Waals surface area contributed by atoms with Crippen molar-refractivity contribution in [1.82, 2.24) is 10.9 Å². The van der Waals surface area contributed by atoms with Crippen molar-refractivity contribution < 1.29 is 18.7 Å². The van der Waals surface area contributed by atoms with Crippen molar-refractivity contribution in [1.29, 1.82) is 0 Å². The van der Waals surface area contributed by atoms with Gasteiger partial charge in [-0.3, -0.25) is 20.4 Å². The highest BCUT2D eigenvalue weighted by Crippen LogP contribution is 2.12. The Morgan fingerprint density at radius 1 is 0.926 bits per heavy atom. The fourth-order valence-electron chi connectivity index (χ4n) is 2.21. The number of hydrogen-bond acceptors (Lipinski definition) is 4. The SMILES string of the molecule is O=C(/C=C/c1ccco1)NNC(=O)c1ccc(COc2ccccc2)cc1. The van der Waals surface area contributed by atoms with Gasteiger partial charge < -0.3 is 9.15 Å². The first-order valence-corrected chi connectivity index (χ1v) is 8.29. The van der Waals surface area contributed by atoms with Gasteiger partial charge in [0.25, 0.3) is 11.8 Å². The van der Waals surface area contributed by atoms with Crippen LogP contribution in [0.25, 0.3) is 6.08 Å². The molecule has 0 fully saturated rings. The Kier molecular flexibility index (Phi) is 6.04. The van der Waals surface area contributed by atoms with Gasteiger partial charge in [0.1, 0.15) is 18.1 Å². The van der Waals surface area contributed by atoms with E-state index in [0.717, 1.165) is 11.3 Å². The van der Waals surface area contributed by atoms with Gasteiger partial charge in [0.05, 0.1) is 6.26 Å². The van der Waals surface area contributed by atoms with Crippen LogP contribution in [0.5, 0.6) is 5.75 Å². The highest BCUT2D eigenvalue weighted by atomic mass is 16.5. The largest absolute Gasteiger partial charge is 0.489 e. The molecule has 0 atom stereocenters. The van der Waals surface area contributed by atoms with E-state index >= 15 is 0 Å². The van der Waals surface area contributed by atoms with Crippen molar-refractivity contribution >= 4 is 17.9 Å². The van der Waals surface area contributed by atoms with Gasteiger partial charge in [-0.1, -0.05) is 30.3 Å². The topological polar surface area (TPSA) is 80.6 Å². The number of carbonyl (C=O) groups is 2. The number of ether oxygens (including phenoxy) is 1. The molecule has 3 aromatic rings. The summed E-state index contributed by atoms with van der Waals surface area (Å²) < 4.78 is 10.7. The summed E-state index contributed by atoms with van der Waals surface area (Å²) in [7, 11) is 0. The lowest BCUT2D eigenvalue weighted by atomic mass is 10.1. The van der Waals surface area contributed by atoms with Gasteiger partial charge in [-0.25, -0.2) is 0 Å². The maximum absolute atomic E-state index is 12.1. The third-order valence-electron chi connectivity index (χ3n) is 3.61. The van der Waals surface area contributed by atoms with Gasteiger partial charge in [0.2, 0.25) is 0 Å². The highest BCUT2D eigenvalue weighted by molar-refractivity contribution is 5.97. The molecule has 6 heteroatoms. The summed E-state index contributed by atoms with van der Waals surface area (Å²) in [5, 5.41) is 0. The standard InChI is InChI=1S/C21H18N2O4/c24-20(13-12-19-7-4-14-26-19)22-23-21(25)17-10-8-16(9-11-17)15-27-18-5-2-1-3-6-18/h1-14H,15H2,(H,22,24)(H,23,25)/b13-12+. The molecule has 1 aromatic heterocycles. The molecular formula is C21H18N2O4. The molecule has 2 aromatic carbocycles. The first-order valence-electron chi connectivity index (χ1n) is 8.29. The molecule has 2 amide bonds. The molecule has 3 rings (SSSR count). The molecule has 136 valence electrons. The zero-order valence-corrected chi connectivity index (χ0v) is 14.4. The van der Waals surface area contributed by atoms with E-state index in [1.165, 1.54) is 18.4 Å². The number of rotatable bonds is 6. The average Bonchev–Trinajstić information content (AvgIpc) is 3.24. The van der Waals surface area contributed by atoms with Crippen LogP contribution in [0.1, 0.15) is 21.7 Å². The Morgan fingerprint density at radius 2 is 1.70 bits per heavy atom. The maximum Gasteiger partial charge on any atom is 0.269 e. The van der Waals surface area contributed by atoms with Crippen molar-refractivity contribution in [2.24, 2.45) is 0 Å². The summed E-state index contributed by atoms with van der Waals surface area (Å²) in [6, 6.07) is 19.9. The Bertz CT molecular complexity index is 901. The number of amides is 2. The maximum atomic E-state index is 12.1. The van der Waals surface area contributed by atoms with Gasteiger partial charge in [0.15, 0.2) is 0 Å². The predicted molar refractivity (Wildman–Crippen MR) is 101 cm³/mol. The Morgan fingerprint density at radius 3 is 2.41 bits per heavy atom. The summed E-state index contributed by atoms with van der Waals surface area (Å²) in [6.07, 6.45) is 4.28. The van der Waals surface area contributed by atoms with Crippen molar-refractivity contribution in [3.63, 3.8) is 0 Å². The summed E-state index contributed by atoms with van der Waals surface area (Å²) in [5.74, 6) is 0.451. The Balaban J connectivity index is 1.46. The summed E-state index contributed by atoms with van der Waals surface area (Å²) in [4.78, 5) is 23.8. The van der Waals surface area contributed by atoms with Crippen molar-refractivity contribution in [2.45, 2.75) is 6.61 Å². The molecule has 0 radical (unpaired) electrons. The lowest BCUT2D eigenvalue weighted by Crippen LogP contribution is -2.40. The number of nitrogens with one attached hydrogen (secondary N) is 2. The molecule has 0 bridgehead atoms. The second-order valence-corrected chi connectivity index (χ2v) is 5.59. The van der Waals surface area contributed by atoms with E-state index in [4.69, 9.17) is 9.15 Å². The predicted octanol–water partition coefficient (Wildman–Crippen LogP) is 3.33. The number of benzene rings is 2. The molecule has 0 spiro atoms. The number of hydrazine groups is 1. The minimum atomic E-state index is -0.465. The molecule has 0 aliphatic rings. The van der Waals surface area contributed by atoms with E-state index < -0.39 is 11.8 Å². The lowest BCUT2D eigenvalue weighted by molar-refractivity contribution is -0.117. The second-order valence-electron chi connectivity index (χ2n) is 5.59. The van der Waals surface area contributed by atoms with E-state index in [1.54, 1.807) is 36.4 Å². The third kappa shape index (κ3) is 5.61. The first-order chi connectivity index (χ1) is 13.2. The van der Waals surface area contributed by atoms with E-state index in [2.05, 4.69) is 10.9 Å². The quantitative estimate of drug-likeness (QED) is 0.521. The summed E-state index contributed by atoms with van der Waals surface area (Å²) >= 11 is 0. The van der Waals surface area contributed by atoms with E-state index in [-0.39, 0.29) is 0 Å². The number of para-hydroxylation sites is 1. The van der Waals surface area contributed by atoms with Gasteiger partial charge >= 0.3 is 0 Å². The highest BCUT2D eigenvalue weighted by Gasteiger charge is 2.06. The van der Waals surface area contributed by atoms with E-state index in [0.29, 0.717) is 17.9 Å². The van der Waals surface area contributed by atoms with Gasteiger partial charge in [-0.15, -0.1) is 0 Å². The fraction of sp³-hybridized carbons (Fsp3) is 0.0476. The number of furan rings is 1. The van der Waals surface area contributed by atoms with Crippen molar-refractivity contribution in [2.75, 3.05) is 0 Å². The average molecular weight is 362 g/mol. The molecular weight excluding hydrogens is 344 g/mol. The van der Waals surface area contributed by atoms with Crippen LogP contribution in [0.2, 0.25) is 0 Å². The molecule has 1 heterocycles. The van der Waals surface area contributed by atoms with E-state index in [1.807, 2.05) is 30.3 Å². The van der Waals surface area contributed by atoms with Crippen LogP contribution in [-0.2, 0) is 11.4 Å². The minimum absolute atomic E-state index is 0.403. The van der Waals surface area contributed by atoms with Crippen LogP contribution in [0.4, 0.5) is 0 Å². The minimum Gasteiger partial charge on any atom is -0.489 e. The smallest absolute Gasteiger partial charge is 0.269 e. The van der Waals surface area contributed by atoms with E-state index in [9.17, 15) is 9.59 Å². The summed E-state index contributed by atoms with van der Waals surface area (Å²) in [6.45, 7) is 0.403. The van der Waals surface area contributed by atoms with Crippen LogP contribution >= 0.6 is 0 Å². The van der Waals surface area contributed by atoms with Crippen LogP contribution in [0.15, 0.2) is 83.5 Å². The molecule has 0 saturated heterocycles. The van der Waals surface area contributed by atoms with Gasteiger partial charge in [-0.05, 0) is 48.0 Å². The van der Waals surface area contributed by atoms with Crippen LogP contribution in [0, 0.1) is 0 Å². The molecule has 27 heavy (non-hydrogen) atoms. The molecule has 0 aliphatic heterocycles. The van der Waals surface area contributed by atoms with Crippen LogP contribution in [0.3, 0.4) is 0 Å². The molecule has 0 saturated carbocycles. The van der Waals surface area contributed by atoms with Crippen molar-refractivity contribution in [3.05, 3.63) is 96.0 Å². The molecule has 6 nitrogen and oxygen atoms in total. The van der Waals surface area contributed by atoms with Crippen molar-refractivity contribution in [3.8, 4) is 5.75 Å². The fourth-order valence-corrected chi connectivity index (χ4v) is 2.21. The monoisotopic (exact) mass is 362 g/mol. The summed E-state index contributed by atoms with van der Waals surface area (Å²) in [5.41, 5.74) is 6.02. The number of carbonyl (C=O) groups excluding carboxylic acids is 2. The van der Waals surface area contributed by atoms with Gasteiger partial charge in [-0.2, -0.15) is 0 Å². The Labute approximate surface area is 156 Å². The van der Waals surface area contributed by atoms with Gasteiger partial charge in [0, 0.05) is 11.6 Å². The third-order valence-corrected chi connectivity index (χ3v) is 3.61. The Hall–Kier alpha value is -3.80.